The van der Waals surface area contributed by atoms with Crippen molar-refractivity contribution in [2.24, 2.45) is 5.41 Å². The first-order chi connectivity index (χ1) is 9.35. The van der Waals surface area contributed by atoms with Crippen molar-refractivity contribution in [1.82, 2.24) is 0 Å². The van der Waals surface area contributed by atoms with E-state index >= 15 is 0 Å². The summed E-state index contributed by atoms with van der Waals surface area (Å²) in [5, 5.41) is 9.72. The smallest absolute Gasteiger partial charge is 0.251 e. The van der Waals surface area contributed by atoms with E-state index in [9.17, 15) is 5.11 Å². The Kier molecular flexibility index (Phi) is 6.05. The molecule has 1 saturated heterocycles. The highest BCUT2D eigenvalue weighted by Gasteiger charge is 2.65. The van der Waals surface area contributed by atoms with E-state index in [0.717, 1.165) is 6.42 Å². The summed E-state index contributed by atoms with van der Waals surface area (Å²) in [6.07, 6.45) is 7.25. The Morgan fingerprint density at radius 3 is 1.24 bits per heavy atom. The minimum Gasteiger partial charge on any atom is -0.390 e. The molecular weight excluding hydrogens is 275 g/mol. The Bertz CT molecular complexity index is 312. The van der Waals surface area contributed by atoms with E-state index < -0.39 is 5.60 Å². The Morgan fingerprint density at radius 2 is 1.14 bits per heavy atom. The normalized spacial score (nSPS) is 42.1. The van der Waals surface area contributed by atoms with Gasteiger partial charge < -0.3 is 9.84 Å². The van der Waals surface area contributed by atoms with Crippen LogP contribution in [-0.4, -0.2) is 36.1 Å². The highest BCUT2D eigenvalue weighted by molar-refractivity contribution is 6.54. The van der Waals surface area contributed by atoms with Crippen LogP contribution in [0.25, 0.3) is 0 Å². The van der Waals surface area contributed by atoms with E-state index in [1.54, 1.807) is 0 Å². The van der Waals surface area contributed by atoms with Crippen LogP contribution in [0.15, 0.2) is 0 Å². The lowest BCUT2D eigenvalue weighted by Crippen LogP contribution is -2.35. The molecule has 0 radical (unpaired) electrons. The van der Waals surface area contributed by atoms with Gasteiger partial charge >= 0.3 is 0 Å². The molecule has 21 heavy (non-hydrogen) atoms. The molecule has 3 unspecified atom stereocenters. The van der Waals surface area contributed by atoms with Gasteiger partial charge in [-0.25, -0.2) is 0 Å². The molecule has 2 saturated carbocycles. The van der Waals surface area contributed by atoms with Gasteiger partial charge in [-0.1, -0.05) is 13.8 Å². The van der Waals surface area contributed by atoms with E-state index in [1.807, 2.05) is 6.92 Å². The summed E-state index contributed by atoms with van der Waals surface area (Å²) in [7, 11) is 0. The van der Waals surface area contributed by atoms with Crippen LogP contribution in [0, 0.1) is 5.41 Å². The zero-order chi connectivity index (χ0) is 16.5. The lowest BCUT2D eigenvalue weighted by atomic mass is 9.79. The van der Waals surface area contributed by atoms with Crippen molar-refractivity contribution in [2.75, 3.05) is 0 Å². The molecule has 0 aromatic carbocycles. The molecule has 0 amide bonds. The van der Waals surface area contributed by atoms with Crippen molar-refractivity contribution in [1.29, 1.82) is 0 Å². The molecule has 0 aromatic heterocycles. The van der Waals surface area contributed by atoms with Crippen molar-refractivity contribution in [3.8, 4) is 0 Å². The summed E-state index contributed by atoms with van der Waals surface area (Å²) in [4.78, 5) is 0. The molecule has 3 heteroatoms. The minimum atomic E-state index is -0.410. The maximum Gasteiger partial charge on any atom is 0.251 e. The molecule has 0 spiro atoms. The summed E-state index contributed by atoms with van der Waals surface area (Å²) in [5.74, 6) is 6.92. The van der Waals surface area contributed by atoms with E-state index in [4.69, 9.17) is 4.74 Å². The zero-order valence-electron chi connectivity index (χ0n) is 15.7. The molecule has 3 aliphatic rings. The summed E-state index contributed by atoms with van der Waals surface area (Å²) in [6, 6.07) is 0. The van der Waals surface area contributed by atoms with Gasteiger partial charge in [-0.2, -0.15) is 0 Å². The molecule has 0 bridgehead atoms. The molecule has 2 nitrogen and oxygen atoms in total. The monoisotopic (exact) mass is 312 g/mol. The van der Waals surface area contributed by atoms with E-state index in [2.05, 4.69) is 45.1 Å². The Hall–Kier alpha value is 0.452. The second-order valence-electron chi connectivity index (χ2n) is 9.16. The van der Waals surface area contributed by atoms with Gasteiger partial charge in [0.15, 0.2) is 0 Å². The van der Waals surface area contributed by atoms with Crippen LogP contribution in [0.2, 0.25) is 17.4 Å². The van der Waals surface area contributed by atoms with Gasteiger partial charge in [0.25, 0.3) is 14.1 Å². The molecule has 3 fully saturated rings. The molecule has 2 aliphatic carbocycles. The van der Waals surface area contributed by atoms with Crippen LogP contribution in [0.4, 0.5) is 0 Å². The minimum absolute atomic E-state index is 0.139. The highest BCUT2D eigenvalue weighted by atomic mass is 27.2. The summed E-state index contributed by atoms with van der Waals surface area (Å²) in [5.41, 5.74) is 0.333. The van der Waals surface area contributed by atoms with Gasteiger partial charge in [-0.05, 0) is 64.7 Å². The van der Waals surface area contributed by atoms with Crippen LogP contribution in [0.3, 0.4) is 0 Å². The second kappa shape index (κ2) is 6.52. The topological polar surface area (TPSA) is 32.8 Å². The summed E-state index contributed by atoms with van der Waals surface area (Å²) < 4.78 is 5.53. The van der Waals surface area contributed by atoms with Crippen molar-refractivity contribution >= 4 is 14.1 Å². The third-order valence-corrected chi connectivity index (χ3v) is 5.76. The first-order valence-corrected chi connectivity index (χ1v) is 12.2. The Balaban J connectivity index is 0.000000170. The first-order valence-electron chi connectivity index (χ1n) is 8.78. The van der Waals surface area contributed by atoms with Gasteiger partial charge in [-0.15, -0.1) is 17.4 Å². The van der Waals surface area contributed by atoms with Crippen molar-refractivity contribution in [2.45, 2.75) is 107 Å². The molecular formula is C18H37AlO2. The molecule has 3 atom stereocenters. The molecule has 1 heterocycles. The molecule has 1 N–H and O–H groups in total. The number of hydrogen-bond donors (Lipinski definition) is 1. The van der Waals surface area contributed by atoms with Crippen molar-refractivity contribution in [3.63, 3.8) is 0 Å². The van der Waals surface area contributed by atoms with E-state index in [-0.39, 0.29) is 19.6 Å². The number of fused-ring (bicyclic) bond motifs is 1. The van der Waals surface area contributed by atoms with Crippen molar-refractivity contribution < 1.29 is 9.84 Å². The number of aliphatic hydroxyl groups is 1. The van der Waals surface area contributed by atoms with Crippen LogP contribution >= 0.6 is 0 Å². The largest absolute Gasteiger partial charge is 0.390 e. The number of epoxide rings is 1. The maximum atomic E-state index is 9.72. The predicted octanol–water partition coefficient (Wildman–Crippen LogP) is 5.04. The van der Waals surface area contributed by atoms with Crippen LogP contribution in [-0.2, 0) is 4.74 Å². The van der Waals surface area contributed by atoms with Crippen LogP contribution in [0.5, 0.6) is 0 Å². The maximum absolute atomic E-state index is 9.72. The average Bonchev–Trinajstić information content (AvgIpc) is 2.50. The third kappa shape index (κ3) is 4.71. The fourth-order valence-electron chi connectivity index (χ4n) is 3.35. The predicted molar refractivity (Wildman–Crippen MR) is 93.3 cm³/mol. The van der Waals surface area contributed by atoms with Gasteiger partial charge in [0.05, 0.1) is 16.8 Å². The Morgan fingerprint density at radius 1 is 0.762 bits per heavy atom. The quantitative estimate of drug-likeness (QED) is 0.502. The molecule has 1 aliphatic heterocycles. The summed E-state index contributed by atoms with van der Waals surface area (Å²) >= 11 is -0.139. The fraction of sp³-hybridized carbons (Fsp3) is 1.00. The van der Waals surface area contributed by atoms with Gasteiger partial charge in [0, 0.05) is 0 Å². The van der Waals surface area contributed by atoms with Crippen LogP contribution in [0.1, 0.15) is 73.1 Å². The number of ether oxygens (including phenoxy) is 1. The lowest BCUT2D eigenvalue weighted by molar-refractivity contribution is -0.0251. The zero-order valence-corrected chi connectivity index (χ0v) is 16.8. The summed E-state index contributed by atoms with van der Waals surface area (Å²) in [6.45, 7) is 10.7. The first kappa shape index (κ1) is 19.5. The SMILES string of the molecule is CC1(C)CCCC1(C)O.CC12CCCC1(C)O2.[CH3][Al]([CH3])[CH3]. The van der Waals surface area contributed by atoms with Gasteiger partial charge in [0.1, 0.15) is 0 Å². The lowest BCUT2D eigenvalue weighted by Gasteiger charge is -2.32. The molecule has 0 aromatic rings. The molecule has 124 valence electrons. The number of rotatable bonds is 0. The average molecular weight is 312 g/mol. The standard InChI is InChI=1S/C8H16O.C7H12O.3CH3.Al/c1-7(2)5-4-6-8(7,3)9;1-6-4-3-5-7(6,2)8-6;;;;/h9H,4-6H2,1-3H3;3-5H2,1-2H3;3*1H3;. The third-order valence-electron chi connectivity index (χ3n) is 5.76. The molecule has 3 rings (SSSR count). The fourth-order valence-corrected chi connectivity index (χ4v) is 3.35. The highest BCUT2D eigenvalue weighted by Crippen LogP contribution is 2.58. The van der Waals surface area contributed by atoms with Gasteiger partial charge in [0.2, 0.25) is 0 Å². The van der Waals surface area contributed by atoms with Crippen molar-refractivity contribution in [3.05, 3.63) is 0 Å². The Labute approximate surface area is 137 Å². The second-order valence-corrected chi connectivity index (χ2v) is 12.6. The van der Waals surface area contributed by atoms with E-state index in [1.165, 1.54) is 32.1 Å². The number of hydrogen-bond acceptors (Lipinski definition) is 2. The van der Waals surface area contributed by atoms with Crippen LogP contribution < -0.4 is 0 Å². The van der Waals surface area contributed by atoms with E-state index in [0.29, 0.717) is 11.2 Å². The van der Waals surface area contributed by atoms with Gasteiger partial charge in [-0.3, -0.25) is 0 Å².